The number of benzene rings is 2. The van der Waals surface area contributed by atoms with E-state index < -0.39 is 5.97 Å². The number of aromatic carboxylic acids is 1. The molecular weight excluding hydrogens is 390 g/mol. The van der Waals surface area contributed by atoms with Crippen LogP contribution in [-0.2, 0) is 11.8 Å². The first kappa shape index (κ1) is 20.6. The smallest absolute Gasteiger partial charge is 0.335 e. The maximum atomic E-state index is 11.0. The van der Waals surface area contributed by atoms with Gasteiger partial charge in [0.25, 0.3) is 0 Å². The van der Waals surface area contributed by atoms with Gasteiger partial charge in [0.2, 0.25) is 5.95 Å². The molecule has 2 aromatic carbocycles. The van der Waals surface area contributed by atoms with Crippen molar-refractivity contribution in [3.63, 3.8) is 0 Å². The van der Waals surface area contributed by atoms with Crippen LogP contribution in [0.5, 0.6) is 5.75 Å². The Morgan fingerprint density at radius 2 is 1.90 bits per heavy atom. The molecule has 1 aromatic heterocycles. The fourth-order valence-electron chi connectivity index (χ4n) is 3.66. The van der Waals surface area contributed by atoms with Crippen molar-refractivity contribution in [2.24, 2.45) is 0 Å². The highest BCUT2D eigenvalue weighted by atomic mass is 35.5. The first-order valence-corrected chi connectivity index (χ1v) is 9.02. The van der Waals surface area contributed by atoms with Crippen molar-refractivity contribution >= 4 is 30.0 Å². The fraction of sp³-hybridized carbons (Fsp3) is 0.227. The lowest BCUT2D eigenvalue weighted by molar-refractivity contribution is 0.0697. The number of halogens is 1. The van der Waals surface area contributed by atoms with Crippen molar-refractivity contribution in [2.75, 3.05) is 12.4 Å². The first-order chi connectivity index (χ1) is 13.4. The van der Waals surface area contributed by atoms with Gasteiger partial charge in [-0.3, -0.25) is 0 Å². The Bertz CT molecular complexity index is 1070. The van der Waals surface area contributed by atoms with E-state index in [0.29, 0.717) is 5.95 Å². The van der Waals surface area contributed by atoms with E-state index in [1.807, 2.05) is 18.3 Å². The van der Waals surface area contributed by atoms with Crippen LogP contribution in [0.25, 0.3) is 11.3 Å². The number of nitrogens with one attached hydrogen (secondary N) is 1. The molecule has 0 aliphatic heterocycles. The van der Waals surface area contributed by atoms with Crippen molar-refractivity contribution in [3.05, 3.63) is 65.4 Å². The average molecular weight is 412 g/mol. The molecule has 7 heteroatoms. The molecule has 0 saturated carbocycles. The second kappa shape index (κ2) is 7.72. The highest BCUT2D eigenvalue weighted by molar-refractivity contribution is 5.88. The molecule has 1 aliphatic rings. The minimum absolute atomic E-state index is 0. The summed E-state index contributed by atoms with van der Waals surface area (Å²) in [6, 6.07) is 12.6. The zero-order valence-electron chi connectivity index (χ0n) is 16.4. The standard InChI is InChI=1S/C22H21N3O3.ClH/c1-22(2)11-14-12-23-21(24-15-6-4-13(5-7-15)20(26)27)25-19(14)17-10-16(28-3)8-9-18(17)22;/h4-10,12H,11H2,1-3H3,(H,26,27)(H,23,24,25);1H. The number of rotatable bonds is 4. The van der Waals surface area contributed by atoms with E-state index >= 15 is 0 Å². The molecule has 4 rings (SSSR count). The zero-order chi connectivity index (χ0) is 19.9. The number of fused-ring (bicyclic) bond motifs is 3. The molecule has 0 radical (unpaired) electrons. The fourth-order valence-corrected chi connectivity index (χ4v) is 3.66. The van der Waals surface area contributed by atoms with Crippen molar-refractivity contribution < 1.29 is 14.6 Å². The molecule has 0 unspecified atom stereocenters. The summed E-state index contributed by atoms with van der Waals surface area (Å²) in [5.41, 5.74) is 5.23. The molecule has 0 fully saturated rings. The number of carboxylic acids is 1. The van der Waals surface area contributed by atoms with E-state index in [1.54, 1.807) is 31.4 Å². The molecule has 3 aromatic rings. The quantitative estimate of drug-likeness (QED) is 0.638. The molecule has 1 heterocycles. The van der Waals surface area contributed by atoms with Gasteiger partial charge < -0.3 is 15.2 Å². The molecule has 0 spiro atoms. The minimum Gasteiger partial charge on any atom is -0.497 e. The molecule has 1 aliphatic carbocycles. The normalized spacial score (nSPS) is 13.5. The summed E-state index contributed by atoms with van der Waals surface area (Å²) in [6.07, 6.45) is 2.72. The van der Waals surface area contributed by atoms with Gasteiger partial charge in [-0.05, 0) is 59.4 Å². The van der Waals surface area contributed by atoms with Gasteiger partial charge in [0.15, 0.2) is 0 Å². The molecule has 6 nitrogen and oxygen atoms in total. The first-order valence-electron chi connectivity index (χ1n) is 9.02. The van der Waals surface area contributed by atoms with E-state index in [-0.39, 0.29) is 23.4 Å². The summed E-state index contributed by atoms with van der Waals surface area (Å²) in [5.74, 6) is 0.305. The number of nitrogens with zero attached hydrogens (tertiary/aromatic N) is 2. The molecule has 0 saturated heterocycles. The monoisotopic (exact) mass is 411 g/mol. The van der Waals surface area contributed by atoms with Crippen LogP contribution in [0.2, 0.25) is 0 Å². The van der Waals surface area contributed by atoms with Crippen molar-refractivity contribution in [2.45, 2.75) is 25.7 Å². The predicted octanol–water partition coefficient (Wildman–Crippen LogP) is 4.85. The topological polar surface area (TPSA) is 84.3 Å². The lowest BCUT2D eigenvalue weighted by atomic mass is 9.72. The minimum atomic E-state index is -0.954. The Kier molecular flexibility index (Phi) is 5.48. The third kappa shape index (κ3) is 3.89. The second-order valence-corrected chi connectivity index (χ2v) is 7.55. The van der Waals surface area contributed by atoms with Crippen molar-refractivity contribution in [1.82, 2.24) is 9.97 Å². The van der Waals surface area contributed by atoms with Gasteiger partial charge in [0.05, 0.1) is 18.4 Å². The van der Waals surface area contributed by atoms with Crippen LogP contribution in [0.4, 0.5) is 11.6 Å². The number of hydrogen-bond acceptors (Lipinski definition) is 5. The van der Waals surface area contributed by atoms with E-state index in [9.17, 15) is 4.79 Å². The summed E-state index contributed by atoms with van der Waals surface area (Å²) in [5, 5.41) is 12.2. The Morgan fingerprint density at radius 3 is 2.55 bits per heavy atom. The summed E-state index contributed by atoms with van der Waals surface area (Å²) >= 11 is 0. The second-order valence-electron chi connectivity index (χ2n) is 7.55. The Labute approximate surface area is 175 Å². The van der Waals surface area contributed by atoms with Crippen LogP contribution >= 0.6 is 12.4 Å². The average Bonchev–Trinajstić information content (AvgIpc) is 2.68. The molecule has 150 valence electrons. The molecule has 0 amide bonds. The largest absolute Gasteiger partial charge is 0.497 e. The van der Waals surface area contributed by atoms with Crippen LogP contribution in [0.3, 0.4) is 0 Å². The Morgan fingerprint density at radius 1 is 1.17 bits per heavy atom. The van der Waals surface area contributed by atoms with E-state index in [1.165, 1.54) is 5.56 Å². The van der Waals surface area contributed by atoms with Gasteiger partial charge in [-0.1, -0.05) is 19.9 Å². The highest BCUT2D eigenvalue weighted by Crippen LogP contribution is 2.43. The number of hydrogen-bond donors (Lipinski definition) is 2. The number of carboxylic acid groups (broad SMARTS) is 1. The van der Waals surface area contributed by atoms with Crippen LogP contribution in [0.1, 0.15) is 35.3 Å². The number of aromatic nitrogens is 2. The van der Waals surface area contributed by atoms with Crippen LogP contribution in [0, 0.1) is 0 Å². The van der Waals surface area contributed by atoms with Crippen LogP contribution in [-0.4, -0.2) is 28.2 Å². The van der Waals surface area contributed by atoms with Gasteiger partial charge in [0.1, 0.15) is 5.75 Å². The number of carbonyl (C=O) groups is 1. The summed E-state index contributed by atoms with van der Waals surface area (Å²) in [7, 11) is 1.66. The molecule has 29 heavy (non-hydrogen) atoms. The zero-order valence-corrected chi connectivity index (χ0v) is 17.2. The maximum absolute atomic E-state index is 11.0. The molecule has 0 atom stereocenters. The molecule has 2 N–H and O–H groups in total. The predicted molar refractivity (Wildman–Crippen MR) is 115 cm³/mol. The van der Waals surface area contributed by atoms with Crippen LogP contribution in [0.15, 0.2) is 48.7 Å². The summed E-state index contributed by atoms with van der Waals surface area (Å²) in [4.78, 5) is 20.2. The Balaban J connectivity index is 0.00000240. The maximum Gasteiger partial charge on any atom is 0.335 e. The summed E-state index contributed by atoms with van der Waals surface area (Å²) in [6.45, 7) is 4.44. The van der Waals surface area contributed by atoms with E-state index in [4.69, 9.17) is 14.8 Å². The third-order valence-corrected chi connectivity index (χ3v) is 5.10. The summed E-state index contributed by atoms with van der Waals surface area (Å²) < 4.78 is 5.41. The van der Waals surface area contributed by atoms with Gasteiger partial charge in [-0.25, -0.2) is 14.8 Å². The van der Waals surface area contributed by atoms with Gasteiger partial charge >= 0.3 is 5.97 Å². The molecule has 0 bridgehead atoms. The van der Waals surface area contributed by atoms with Gasteiger partial charge in [0, 0.05) is 17.4 Å². The van der Waals surface area contributed by atoms with Gasteiger partial charge in [-0.15, -0.1) is 12.4 Å². The number of ether oxygens (including phenoxy) is 1. The van der Waals surface area contributed by atoms with Gasteiger partial charge in [-0.2, -0.15) is 0 Å². The lowest BCUT2D eigenvalue weighted by Crippen LogP contribution is -2.26. The SMILES string of the molecule is COc1ccc2c(c1)-c1nc(Nc3ccc(C(=O)O)cc3)ncc1CC2(C)C.Cl. The third-order valence-electron chi connectivity index (χ3n) is 5.10. The lowest BCUT2D eigenvalue weighted by Gasteiger charge is -2.33. The van der Waals surface area contributed by atoms with Crippen LogP contribution < -0.4 is 10.1 Å². The Hall–Kier alpha value is -3.12. The number of anilines is 2. The van der Waals surface area contributed by atoms with Crippen molar-refractivity contribution in [1.29, 1.82) is 0 Å². The van der Waals surface area contributed by atoms with E-state index in [2.05, 4.69) is 30.2 Å². The number of methoxy groups -OCH3 is 1. The van der Waals surface area contributed by atoms with Crippen molar-refractivity contribution in [3.8, 4) is 17.0 Å². The molecular formula is C22H22ClN3O3. The highest BCUT2D eigenvalue weighted by Gasteiger charge is 2.32. The van der Waals surface area contributed by atoms with E-state index in [0.717, 1.165) is 34.7 Å².